The summed E-state index contributed by atoms with van der Waals surface area (Å²) in [4.78, 5) is 47.6. The largest absolute Gasteiger partial charge is 0.443 e. The highest BCUT2D eigenvalue weighted by Crippen LogP contribution is 2.20. The predicted molar refractivity (Wildman–Crippen MR) is 121 cm³/mol. The van der Waals surface area contributed by atoms with Crippen LogP contribution in [0.3, 0.4) is 0 Å². The molecule has 11 nitrogen and oxygen atoms in total. The predicted octanol–water partition coefficient (Wildman–Crippen LogP) is 2.13. The van der Waals surface area contributed by atoms with Crippen molar-refractivity contribution in [2.45, 2.75) is 63.4 Å². The minimum absolute atomic E-state index is 0.312. The van der Waals surface area contributed by atoms with E-state index in [-0.39, 0.29) is 17.4 Å². The average molecular weight is 496 g/mol. The van der Waals surface area contributed by atoms with Crippen LogP contribution in [-0.4, -0.2) is 53.8 Å². The second-order valence-corrected chi connectivity index (χ2v) is 10.1. The zero-order valence-corrected chi connectivity index (χ0v) is 20.1. The summed E-state index contributed by atoms with van der Waals surface area (Å²) in [5.41, 5.74) is 3.54. The molecular formula is C22H29N3O8S. The van der Waals surface area contributed by atoms with Crippen LogP contribution in [0.2, 0.25) is 0 Å². The molecule has 2 rings (SSSR count). The first-order valence-corrected chi connectivity index (χ1v) is 12.2. The Morgan fingerprint density at radius 3 is 2.21 bits per heavy atom. The first kappa shape index (κ1) is 27.0. The van der Waals surface area contributed by atoms with Gasteiger partial charge in [-0.2, -0.15) is 8.42 Å². The molecule has 0 bridgehead atoms. The topological polar surface area (TPSA) is 159 Å². The minimum Gasteiger partial charge on any atom is -0.443 e. The van der Waals surface area contributed by atoms with Gasteiger partial charge >= 0.3 is 6.09 Å². The van der Waals surface area contributed by atoms with Crippen LogP contribution in [0.1, 0.15) is 62.4 Å². The molecule has 0 radical (unpaired) electrons. The number of benzene rings is 1. The number of ether oxygens (including phenoxy) is 1. The molecule has 0 fully saturated rings. The standard InChI is InChI=1S/C22H29N3O8S/c1-22(2,3)33-21(29)24-23-20(28)16-10-9-15(14-17(16)34(30,31)32)8-6-4-5-7-13-25-18(26)11-12-19(25)27/h9-12,14H,4-8,13H2,1-3H3,(H,23,28)(H,24,29)(H,30,31,32). The molecule has 0 saturated heterocycles. The van der Waals surface area contributed by atoms with E-state index in [9.17, 15) is 32.1 Å². The van der Waals surface area contributed by atoms with Gasteiger partial charge in [0.1, 0.15) is 10.5 Å². The number of rotatable bonds is 9. The number of hydrazine groups is 1. The Kier molecular flexibility index (Phi) is 8.93. The minimum atomic E-state index is -4.71. The van der Waals surface area contributed by atoms with E-state index < -0.39 is 32.6 Å². The van der Waals surface area contributed by atoms with Crippen molar-refractivity contribution in [1.29, 1.82) is 0 Å². The second-order valence-electron chi connectivity index (χ2n) is 8.71. The molecule has 1 aromatic carbocycles. The van der Waals surface area contributed by atoms with Gasteiger partial charge in [-0.3, -0.25) is 29.3 Å². The molecule has 4 amide bonds. The fourth-order valence-corrected chi connectivity index (χ4v) is 3.95. The summed E-state index contributed by atoms with van der Waals surface area (Å²) >= 11 is 0. The Balaban J connectivity index is 1.89. The molecule has 1 aliphatic heterocycles. The summed E-state index contributed by atoms with van der Waals surface area (Å²) in [6, 6.07) is 4.03. The molecule has 186 valence electrons. The van der Waals surface area contributed by atoms with Crippen molar-refractivity contribution >= 4 is 33.9 Å². The van der Waals surface area contributed by atoms with E-state index in [2.05, 4.69) is 5.43 Å². The van der Waals surface area contributed by atoms with E-state index in [1.54, 1.807) is 26.8 Å². The van der Waals surface area contributed by atoms with E-state index in [0.717, 1.165) is 12.8 Å². The molecule has 0 aliphatic carbocycles. The highest BCUT2D eigenvalue weighted by Gasteiger charge is 2.23. The van der Waals surface area contributed by atoms with Crippen LogP contribution in [0, 0.1) is 0 Å². The number of nitrogens with zero attached hydrogens (tertiary/aromatic N) is 1. The van der Waals surface area contributed by atoms with Crippen molar-refractivity contribution in [2.24, 2.45) is 0 Å². The molecule has 0 aromatic heterocycles. The number of hydrogen-bond acceptors (Lipinski definition) is 7. The number of carbonyl (C=O) groups excluding carboxylic acids is 4. The lowest BCUT2D eigenvalue weighted by atomic mass is 10.0. The van der Waals surface area contributed by atoms with E-state index in [4.69, 9.17) is 4.74 Å². The smallest absolute Gasteiger partial charge is 0.426 e. The van der Waals surface area contributed by atoms with Gasteiger partial charge in [0.25, 0.3) is 27.8 Å². The van der Waals surface area contributed by atoms with Crippen molar-refractivity contribution in [3.8, 4) is 0 Å². The first-order valence-electron chi connectivity index (χ1n) is 10.7. The lowest BCUT2D eigenvalue weighted by Crippen LogP contribution is -2.44. The number of carbonyl (C=O) groups is 4. The fraction of sp³-hybridized carbons (Fsp3) is 0.455. The van der Waals surface area contributed by atoms with Gasteiger partial charge in [0, 0.05) is 18.7 Å². The lowest BCUT2D eigenvalue weighted by molar-refractivity contribution is -0.136. The number of amides is 4. The van der Waals surface area contributed by atoms with Gasteiger partial charge in [-0.05, 0) is 57.7 Å². The van der Waals surface area contributed by atoms with Crippen LogP contribution >= 0.6 is 0 Å². The Bertz CT molecular complexity index is 1070. The van der Waals surface area contributed by atoms with Gasteiger partial charge in [-0.1, -0.05) is 18.9 Å². The van der Waals surface area contributed by atoms with Gasteiger partial charge in [-0.25, -0.2) is 10.2 Å². The summed E-state index contributed by atoms with van der Waals surface area (Å²) in [5.74, 6) is -1.56. The molecule has 0 unspecified atom stereocenters. The van der Waals surface area contributed by atoms with Crippen molar-refractivity contribution in [2.75, 3.05) is 6.54 Å². The monoisotopic (exact) mass is 495 g/mol. The zero-order chi connectivity index (χ0) is 25.5. The lowest BCUT2D eigenvalue weighted by Gasteiger charge is -2.20. The summed E-state index contributed by atoms with van der Waals surface area (Å²) in [6.07, 6.45) is 4.92. The Labute approximate surface area is 198 Å². The SMILES string of the molecule is CC(C)(C)OC(=O)NNC(=O)c1ccc(CCCCCCN2C(=O)C=CC2=O)cc1S(=O)(=O)O. The maximum atomic E-state index is 12.4. The van der Waals surface area contributed by atoms with Gasteiger partial charge in [0.05, 0.1) is 5.56 Å². The quantitative estimate of drug-likeness (QED) is 0.203. The van der Waals surface area contributed by atoms with Crippen LogP contribution in [0.5, 0.6) is 0 Å². The van der Waals surface area contributed by atoms with E-state index in [1.807, 2.05) is 5.43 Å². The van der Waals surface area contributed by atoms with Gasteiger partial charge in [-0.15, -0.1) is 0 Å². The average Bonchev–Trinajstić information content (AvgIpc) is 3.04. The molecular weight excluding hydrogens is 466 g/mol. The maximum absolute atomic E-state index is 12.4. The van der Waals surface area contributed by atoms with Gasteiger partial charge in [0.2, 0.25) is 0 Å². The molecule has 34 heavy (non-hydrogen) atoms. The molecule has 0 spiro atoms. The van der Waals surface area contributed by atoms with Crippen molar-refractivity contribution in [3.63, 3.8) is 0 Å². The first-order chi connectivity index (χ1) is 15.8. The maximum Gasteiger partial charge on any atom is 0.426 e. The highest BCUT2D eigenvalue weighted by molar-refractivity contribution is 7.86. The van der Waals surface area contributed by atoms with Gasteiger partial charge in [0.15, 0.2) is 0 Å². The molecule has 1 aromatic rings. The summed E-state index contributed by atoms with van der Waals surface area (Å²) in [7, 11) is -4.71. The van der Waals surface area contributed by atoms with Crippen LogP contribution in [0.4, 0.5) is 4.79 Å². The molecule has 1 aliphatic rings. The summed E-state index contributed by atoms with van der Waals surface area (Å²) < 4.78 is 38.2. The van der Waals surface area contributed by atoms with Crippen LogP contribution in [0.25, 0.3) is 0 Å². The van der Waals surface area contributed by atoms with E-state index in [1.165, 1.54) is 29.2 Å². The molecule has 3 N–H and O–H groups in total. The normalized spacial score (nSPS) is 13.8. The van der Waals surface area contributed by atoms with E-state index >= 15 is 0 Å². The van der Waals surface area contributed by atoms with Crippen LogP contribution in [0.15, 0.2) is 35.2 Å². The van der Waals surface area contributed by atoms with Crippen LogP contribution < -0.4 is 10.9 Å². The highest BCUT2D eigenvalue weighted by atomic mass is 32.2. The third kappa shape index (κ3) is 8.27. The summed E-state index contributed by atoms with van der Waals surface area (Å²) in [5, 5.41) is 0. The number of nitrogens with one attached hydrogen (secondary N) is 2. The zero-order valence-electron chi connectivity index (χ0n) is 19.3. The fourth-order valence-electron chi connectivity index (χ4n) is 3.21. The Morgan fingerprint density at radius 2 is 1.62 bits per heavy atom. The number of hydrogen-bond donors (Lipinski definition) is 3. The molecule has 0 atom stereocenters. The Morgan fingerprint density at radius 1 is 1.00 bits per heavy atom. The molecule has 0 saturated carbocycles. The van der Waals surface area contributed by atoms with Crippen molar-refractivity contribution in [1.82, 2.24) is 15.8 Å². The third-order valence-electron chi connectivity index (χ3n) is 4.74. The number of imide groups is 1. The third-order valence-corrected chi connectivity index (χ3v) is 5.64. The van der Waals surface area contributed by atoms with Crippen molar-refractivity contribution in [3.05, 3.63) is 41.5 Å². The van der Waals surface area contributed by atoms with Crippen LogP contribution in [-0.2, 0) is 30.9 Å². The number of unbranched alkanes of at least 4 members (excludes halogenated alkanes) is 3. The summed E-state index contributed by atoms with van der Waals surface area (Å²) in [6.45, 7) is 5.25. The van der Waals surface area contributed by atoms with E-state index in [0.29, 0.717) is 31.4 Å². The number of aryl methyl sites for hydroxylation is 1. The van der Waals surface area contributed by atoms with Crippen molar-refractivity contribution < 1.29 is 36.9 Å². The molecule has 12 heteroatoms. The second kappa shape index (κ2) is 11.3. The Hall–Kier alpha value is -3.25. The van der Waals surface area contributed by atoms with Gasteiger partial charge < -0.3 is 4.74 Å². The molecule has 1 heterocycles.